The minimum Gasteiger partial charge on any atom is -0.240 e. The van der Waals surface area contributed by atoms with Crippen molar-refractivity contribution in [2.24, 2.45) is 0 Å². The Labute approximate surface area is 119 Å². The van der Waals surface area contributed by atoms with Crippen LogP contribution >= 0.6 is 11.6 Å². The molecule has 0 unspecified atom stereocenters. The van der Waals surface area contributed by atoms with Crippen molar-refractivity contribution in [3.63, 3.8) is 0 Å². The van der Waals surface area contributed by atoms with Gasteiger partial charge in [-0.3, -0.25) is 0 Å². The number of rotatable bonds is 3. The van der Waals surface area contributed by atoms with Crippen LogP contribution in [0.3, 0.4) is 0 Å². The second-order valence-corrected chi connectivity index (χ2v) is 5.21. The molecule has 20 heavy (non-hydrogen) atoms. The molecule has 0 bridgehead atoms. The molecule has 106 valence electrons. The molecule has 3 rings (SSSR count). The van der Waals surface area contributed by atoms with Gasteiger partial charge in [-0.25, -0.2) is 4.68 Å². The van der Waals surface area contributed by atoms with Gasteiger partial charge in [-0.05, 0) is 36.6 Å². The molecule has 0 radical (unpaired) electrons. The van der Waals surface area contributed by atoms with E-state index in [4.69, 9.17) is 11.6 Å². The summed E-state index contributed by atoms with van der Waals surface area (Å²) in [6.45, 7) is 0. The van der Waals surface area contributed by atoms with E-state index >= 15 is 0 Å². The monoisotopic (exact) mass is 300 g/mol. The van der Waals surface area contributed by atoms with Crippen LogP contribution in [0.5, 0.6) is 0 Å². The molecule has 1 heterocycles. The number of benzene rings is 1. The zero-order valence-electron chi connectivity index (χ0n) is 10.5. The van der Waals surface area contributed by atoms with Gasteiger partial charge in [0.05, 0.1) is 16.9 Å². The first-order chi connectivity index (χ1) is 9.49. The fraction of sp³-hybridized carbons (Fsp3) is 0.357. The van der Waals surface area contributed by atoms with Gasteiger partial charge < -0.3 is 0 Å². The smallest absolute Gasteiger partial charge is 0.240 e. The van der Waals surface area contributed by atoms with Crippen molar-refractivity contribution in [2.45, 2.75) is 30.8 Å². The third-order valence-corrected chi connectivity index (χ3v) is 3.68. The van der Waals surface area contributed by atoms with E-state index in [9.17, 15) is 13.2 Å². The number of aromatic nitrogens is 2. The van der Waals surface area contributed by atoms with Crippen molar-refractivity contribution in [2.75, 3.05) is 0 Å². The van der Waals surface area contributed by atoms with E-state index in [1.807, 2.05) is 0 Å². The van der Waals surface area contributed by atoms with Crippen LogP contribution in [-0.2, 0) is 12.1 Å². The molecule has 0 amide bonds. The Morgan fingerprint density at radius 3 is 2.60 bits per heavy atom. The molecule has 1 aliphatic rings. The van der Waals surface area contributed by atoms with Gasteiger partial charge in [-0.1, -0.05) is 6.07 Å². The molecular weight excluding hydrogens is 289 g/mol. The van der Waals surface area contributed by atoms with Crippen LogP contribution in [-0.4, -0.2) is 9.78 Å². The van der Waals surface area contributed by atoms with Crippen LogP contribution in [0.15, 0.2) is 30.5 Å². The van der Waals surface area contributed by atoms with Crippen molar-refractivity contribution in [1.29, 1.82) is 0 Å². The van der Waals surface area contributed by atoms with Crippen molar-refractivity contribution in [3.8, 4) is 5.69 Å². The summed E-state index contributed by atoms with van der Waals surface area (Å²) in [5.74, 6) is 0.461. The fourth-order valence-electron chi connectivity index (χ4n) is 2.16. The first-order valence-electron chi connectivity index (χ1n) is 6.31. The van der Waals surface area contributed by atoms with Crippen molar-refractivity contribution in [3.05, 3.63) is 47.3 Å². The molecule has 2 nitrogen and oxygen atoms in total. The lowest BCUT2D eigenvalue weighted by Crippen LogP contribution is -2.12. The molecular formula is C14H12ClF3N2. The van der Waals surface area contributed by atoms with E-state index in [2.05, 4.69) is 5.10 Å². The van der Waals surface area contributed by atoms with Gasteiger partial charge in [-0.15, -0.1) is 11.6 Å². The number of alkyl halides is 4. The molecule has 1 aromatic carbocycles. The highest BCUT2D eigenvalue weighted by atomic mass is 35.5. The van der Waals surface area contributed by atoms with Crippen molar-refractivity contribution >= 4 is 11.6 Å². The highest BCUT2D eigenvalue weighted by Crippen LogP contribution is 2.40. The number of nitrogens with zero attached hydrogens (tertiary/aromatic N) is 2. The first kappa shape index (κ1) is 13.5. The molecule has 0 spiro atoms. The third kappa shape index (κ3) is 2.54. The largest absolute Gasteiger partial charge is 0.418 e. The van der Waals surface area contributed by atoms with E-state index in [0.29, 0.717) is 11.5 Å². The predicted molar refractivity (Wildman–Crippen MR) is 70.1 cm³/mol. The summed E-state index contributed by atoms with van der Waals surface area (Å²) in [7, 11) is 0. The lowest BCUT2D eigenvalue weighted by molar-refractivity contribution is -0.137. The van der Waals surface area contributed by atoms with Gasteiger partial charge in [0.2, 0.25) is 0 Å². The van der Waals surface area contributed by atoms with Crippen LogP contribution in [0.2, 0.25) is 0 Å². The van der Waals surface area contributed by atoms with E-state index < -0.39 is 11.7 Å². The summed E-state index contributed by atoms with van der Waals surface area (Å²) < 4.78 is 40.7. The SMILES string of the molecule is FC(F)(F)c1cc(CCl)ccc1-n1ccc(C2CC2)n1. The van der Waals surface area contributed by atoms with Gasteiger partial charge in [0, 0.05) is 18.0 Å². The van der Waals surface area contributed by atoms with E-state index in [-0.39, 0.29) is 11.6 Å². The third-order valence-electron chi connectivity index (χ3n) is 3.37. The Morgan fingerprint density at radius 2 is 2.00 bits per heavy atom. The summed E-state index contributed by atoms with van der Waals surface area (Å²) in [4.78, 5) is 0. The molecule has 1 aromatic heterocycles. The molecule has 1 fully saturated rings. The predicted octanol–water partition coefficient (Wildman–Crippen LogP) is 4.51. The topological polar surface area (TPSA) is 17.8 Å². The van der Waals surface area contributed by atoms with E-state index in [0.717, 1.165) is 24.6 Å². The highest BCUT2D eigenvalue weighted by molar-refractivity contribution is 6.17. The molecule has 6 heteroatoms. The van der Waals surface area contributed by atoms with Crippen LogP contribution in [0, 0.1) is 0 Å². The first-order valence-corrected chi connectivity index (χ1v) is 6.84. The molecule has 0 saturated heterocycles. The molecule has 0 N–H and O–H groups in total. The minimum absolute atomic E-state index is 0.0401. The average molecular weight is 301 g/mol. The molecule has 1 saturated carbocycles. The van der Waals surface area contributed by atoms with Crippen LogP contribution < -0.4 is 0 Å². The van der Waals surface area contributed by atoms with Crippen molar-refractivity contribution < 1.29 is 13.2 Å². The van der Waals surface area contributed by atoms with Gasteiger partial charge in [-0.2, -0.15) is 18.3 Å². The Kier molecular flexibility index (Phi) is 3.24. The molecule has 0 aliphatic heterocycles. The summed E-state index contributed by atoms with van der Waals surface area (Å²) in [5, 5.41) is 4.26. The summed E-state index contributed by atoms with van der Waals surface area (Å²) in [5.41, 5.74) is 0.635. The zero-order chi connectivity index (χ0) is 14.3. The Bertz CT molecular complexity index is 630. The van der Waals surface area contributed by atoms with Gasteiger partial charge in [0.15, 0.2) is 0 Å². The summed E-state index contributed by atoms with van der Waals surface area (Å²) in [6.07, 6.45) is -0.718. The normalized spacial score (nSPS) is 15.6. The second kappa shape index (κ2) is 4.81. The molecule has 0 atom stereocenters. The Hall–Kier alpha value is -1.49. The van der Waals surface area contributed by atoms with Gasteiger partial charge in [0.1, 0.15) is 0 Å². The highest BCUT2D eigenvalue weighted by Gasteiger charge is 2.35. The standard InChI is InChI=1S/C14H12ClF3N2/c15-8-9-1-4-13(11(7-9)14(16,17)18)20-6-5-12(19-20)10-2-3-10/h1,4-7,10H,2-3,8H2. The molecule has 1 aliphatic carbocycles. The maximum Gasteiger partial charge on any atom is 0.418 e. The number of halogens is 4. The second-order valence-electron chi connectivity index (χ2n) is 4.94. The van der Waals surface area contributed by atoms with Gasteiger partial charge in [0.25, 0.3) is 0 Å². The van der Waals surface area contributed by atoms with Crippen LogP contribution in [0.25, 0.3) is 5.69 Å². The summed E-state index contributed by atoms with van der Waals surface area (Å²) >= 11 is 5.61. The lowest BCUT2D eigenvalue weighted by Gasteiger charge is -2.14. The number of hydrogen-bond acceptors (Lipinski definition) is 1. The lowest BCUT2D eigenvalue weighted by atomic mass is 10.1. The Balaban J connectivity index is 2.06. The maximum atomic E-state index is 13.1. The van der Waals surface area contributed by atoms with E-state index in [1.54, 1.807) is 18.3 Å². The fourth-order valence-corrected chi connectivity index (χ4v) is 2.33. The van der Waals surface area contributed by atoms with E-state index in [1.165, 1.54) is 10.7 Å². The van der Waals surface area contributed by atoms with Crippen LogP contribution in [0.4, 0.5) is 13.2 Å². The zero-order valence-corrected chi connectivity index (χ0v) is 11.2. The quantitative estimate of drug-likeness (QED) is 0.763. The van der Waals surface area contributed by atoms with Gasteiger partial charge >= 0.3 is 6.18 Å². The van der Waals surface area contributed by atoms with Crippen molar-refractivity contribution in [1.82, 2.24) is 9.78 Å². The maximum absolute atomic E-state index is 13.1. The average Bonchev–Trinajstić information content (AvgIpc) is 3.15. The summed E-state index contributed by atoms with van der Waals surface area (Å²) in [6, 6.07) is 5.88. The molecule has 2 aromatic rings. The van der Waals surface area contributed by atoms with Crippen LogP contribution in [0.1, 0.15) is 35.6 Å². The Morgan fingerprint density at radius 1 is 1.25 bits per heavy atom. The number of hydrogen-bond donors (Lipinski definition) is 0. The minimum atomic E-state index is -4.43.